The summed E-state index contributed by atoms with van der Waals surface area (Å²) in [6.07, 6.45) is 8.15. The SMILES string of the molecule is CCCCCCNc1ccc(NC(=O)C=Cc2ccc(O)cc2)cc1. The summed E-state index contributed by atoms with van der Waals surface area (Å²) >= 11 is 0. The number of phenols is 1. The van der Waals surface area contributed by atoms with Crippen molar-refractivity contribution in [2.75, 3.05) is 17.2 Å². The highest BCUT2D eigenvalue weighted by atomic mass is 16.3. The van der Waals surface area contributed by atoms with Crippen LogP contribution < -0.4 is 10.6 Å². The van der Waals surface area contributed by atoms with Gasteiger partial charge < -0.3 is 15.7 Å². The molecule has 2 aromatic rings. The number of hydrogen-bond donors (Lipinski definition) is 3. The number of phenolic OH excluding ortho intramolecular Hbond substituents is 1. The zero-order valence-corrected chi connectivity index (χ0v) is 14.7. The van der Waals surface area contributed by atoms with Crippen molar-refractivity contribution in [2.24, 2.45) is 0 Å². The van der Waals surface area contributed by atoms with Gasteiger partial charge >= 0.3 is 0 Å². The van der Waals surface area contributed by atoms with Crippen molar-refractivity contribution in [1.29, 1.82) is 0 Å². The third kappa shape index (κ3) is 7.12. The normalized spacial score (nSPS) is 10.8. The molecule has 4 heteroatoms. The van der Waals surface area contributed by atoms with E-state index in [0.29, 0.717) is 0 Å². The zero-order valence-electron chi connectivity index (χ0n) is 14.7. The zero-order chi connectivity index (χ0) is 17.9. The van der Waals surface area contributed by atoms with Gasteiger partial charge in [0.15, 0.2) is 0 Å². The monoisotopic (exact) mass is 338 g/mol. The van der Waals surface area contributed by atoms with Gasteiger partial charge in [-0.05, 0) is 54.5 Å². The summed E-state index contributed by atoms with van der Waals surface area (Å²) in [6, 6.07) is 14.4. The van der Waals surface area contributed by atoms with E-state index in [-0.39, 0.29) is 11.7 Å². The van der Waals surface area contributed by atoms with Crippen molar-refractivity contribution >= 4 is 23.4 Å². The van der Waals surface area contributed by atoms with E-state index >= 15 is 0 Å². The summed E-state index contributed by atoms with van der Waals surface area (Å²) in [4.78, 5) is 11.9. The maximum absolute atomic E-state index is 11.9. The van der Waals surface area contributed by atoms with Gasteiger partial charge in [0.2, 0.25) is 5.91 Å². The minimum Gasteiger partial charge on any atom is -0.508 e. The highest BCUT2D eigenvalue weighted by molar-refractivity contribution is 6.02. The predicted molar refractivity (Wildman–Crippen MR) is 105 cm³/mol. The fourth-order valence-electron chi connectivity index (χ4n) is 2.40. The van der Waals surface area contributed by atoms with Gasteiger partial charge in [-0.15, -0.1) is 0 Å². The molecule has 2 rings (SSSR count). The van der Waals surface area contributed by atoms with Crippen LogP contribution in [0.4, 0.5) is 11.4 Å². The van der Waals surface area contributed by atoms with E-state index < -0.39 is 0 Å². The van der Waals surface area contributed by atoms with E-state index in [1.54, 1.807) is 30.3 Å². The largest absolute Gasteiger partial charge is 0.508 e. The first-order chi connectivity index (χ1) is 12.2. The summed E-state index contributed by atoms with van der Waals surface area (Å²) in [5.74, 6) is 0.0222. The first-order valence-corrected chi connectivity index (χ1v) is 8.79. The van der Waals surface area contributed by atoms with E-state index in [0.717, 1.165) is 23.5 Å². The molecule has 0 saturated carbocycles. The molecule has 4 nitrogen and oxygen atoms in total. The first-order valence-electron chi connectivity index (χ1n) is 8.79. The minimum atomic E-state index is -0.187. The Labute approximate surface area is 149 Å². The quantitative estimate of drug-likeness (QED) is 0.443. The van der Waals surface area contributed by atoms with Crippen LogP contribution >= 0.6 is 0 Å². The molecule has 0 unspecified atom stereocenters. The lowest BCUT2D eigenvalue weighted by Gasteiger charge is -2.07. The van der Waals surface area contributed by atoms with Gasteiger partial charge in [-0.3, -0.25) is 4.79 Å². The third-order valence-electron chi connectivity index (χ3n) is 3.83. The van der Waals surface area contributed by atoms with Crippen molar-refractivity contribution < 1.29 is 9.90 Å². The van der Waals surface area contributed by atoms with Crippen molar-refractivity contribution in [3.8, 4) is 5.75 Å². The average Bonchev–Trinajstić information content (AvgIpc) is 2.62. The highest BCUT2D eigenvalue weighted by Gasteiger charge is 1.99. The van der Waals surface area contributed by atoms with Crippen LogP contribution in [0.15, 0.2) is 54.6 Å². The summed E-state index contributed by atoms with van der Waals surface area (Å²) in [5.41, 5.74) is 2.68. The van der Waals surface area contributed by atoms with Crippen LogP contribution in [-0.2, 0) is 4.79 Å². The maximum atomic E-state index is 11.9. The number of amides is 1. The predicted octanol–water partition coefficient (Wildman–Crippen LogP) is 5.04. The summed E-state index contributed by atoms with van der Waals surface area (Å²) in [7, 11) is 0. The Kier molecular flexibility index (Phi) is 7.57. The Morgan fingerprint density at radius 2 is 1.64 bits per heavy atom. The second-order valence-electron chi connectivity index (χ2n) is 5.98. The standard InChI is InChI=1S/C21H26N2O2/c1-2-3-4-5-16-22-18-9-11-19(12-10-18)23-21(25)15-8-17-6-13-20(24)14-7-17/h6-15,22,24H,2-5,16H2,1H3,(H,23,25). The molecular formula is C21H26N2O2. The Hall–Kier alpha value is -2.75. The van der Waals surface area contributed by atoms with Crippen LogP contribution in [0.1, 0.15) is 38.2 Å². The van der Waals surface area contributed by atoms with E-state index in [2.05, 4.69) is 17.6 Å². The van der Waals surface area contributed by atoms with E-state index in [1.807, 2.05) is 24.3 Å². The molecule has 0 spiro atoms. The number of nitrogens with one attached hydrogen (secondary N) is 2. The lowest BCUT2D eigenvalue weighted by Crippen LogP contribution is -2.08. The number of anilines is 2. The fraction of sp³-hybridized carbons (Fsp3) is 0.286. The lowest BCUT2D eigenvalue weighted by molar-refractivity contribution is -0.111. The molecule has 0 fully saturated rings. The number of benzene rings is 2. The second kappa shape index (κ2) is 10.2. The molecule has 0 aromatic heterocycles. The van der Waals surface area contributed by atoms with E-state index in [9.17, 15) is 9.90 Å². The molecular weight excluding hydrogens is 312 g/mol. The molecule has 0 aliphatic rings. The molecule has 0 aliphatic carbocycles. The topological polar surface area (TPSA) is 61.4 Å². The maximum Gasteiger partial charge on any atom is 0.248 e. The number of hydrogen-bond acceptors (Lipinski definition) is 3. The highest BCUT2D eigenvalue weighted by Crippen LogP contribution is 2.14. The molecule has 3 N–H and O–H groups in total. The van der Waals surface area contributed by atoms with Crippen molar-refractivity contribution in [2.45, 2.75) is 32.6 Å². The lowest BCUT2D eigenvalue weighted by atomic mass is 10.2. The number of carbonyl (C=O) groups excluding carboxylic acids is 1. The number of aromatic hydroxyl groups is 1. The van der Waals surface area contributed by atoms with Crippen molar-refractivity contribution in [3.63, 3.8) is 0 Å². The molecule has 0 bridgehead atoms. The number of rotatable bonds is 9. The summed E-state index contributed by atoms with van der Waals surface area (Å²) in [6.45, 7) is 3.18. The van der Waals surface area contributed by atoms with Gasteiger partial charge in [-0.25, -0.2) is 0 Å². The van der Waals surface area contributed by atoms with Gasteiger partial charge in [-0.1, -0.05) is 38.3 Å². The van der Waals surface area contributed by atoms with Crippen LogP contribution in [0.3, 0.4) is 0 Å². The van der Waals surface area contributed by atoms with E-state index in [1.165, 1.54) is 31.8 Å². The van der Waals surface area contributed by atoms with Gasteiger partial charge in [0.05, 0.1) is 0 Å². The molecule has 0 heterocycles. The summed E-state index contributed by atoms with van der Waals surface area (Å²) < 4.78 is 0. The second-order valence-corrected chi connectivity index (χ2v) is 5.98. The average molecular weight is 338 g/mol. The number of unbranched alkanes of at least 4 members (excludes halogenated alkanes) is 3. The van der Waals surface area contributed by atoms with E-state index in [4.69, 9.17) is 0 Å². The third-order valence-corrected chi connectivity index (χ3v) is 3.83. The first kappa shape index (κ1) is 18.6. The van der Waals surface area contributed by atoms with Crippen molar-refractivity contribution in [1.82, 2.24) is 0 Å². The van der Waals surface area contributed by atoms with Gasteiger partial charge in [0.1, 0.15) is 5.75 Å². The molecule has 132 valence electrons. The van der Waals surface area contributed by atoms with Crippen LogP contribution in [0, 0.1) is 0 Å². The Bertz CT molecular complexity index is 676. The Morgan fingerprint density at radius 3 is 2.32 bits per heavy atom. The number of carbonyl (C=O) groups is 1. The van der Waals surface area contributed by atoms with Crippen LogP contribution in [0.5, 0.6) is 5.75 Å². The fourth-order valence-corrected chi connectivity index (χ4v) is 2.40. The van der Waals surface area contributed by atoms with Gasteiger partial charge in [0.25, 0.3) is 0 Å². The summed E-state index contributed by atoms with van der Waals surface area (Å²) in [5, 5.41) is 15.5. The van der Waals surface area contributed by atoms with Gasteiger partial charge in [-0.2, -0.15) is 0 Å². The Balaban J connectivity index is 1.78. The van der Waals surface area contributed by atoms with Gasteiger partial charge in [0, 0.05) is 24.0 Å². The van der Waals surface area contributed by atoms with Crippen molar-refractivity contribution in [3.05, 3.63) is 60.2 Å². The molecule has 0 radical (unpaired) electrons. The smallest absolute Gasteiger partial charge is 0.248 e. The minimum absolute atomic E-state index is 0.187. The van der Waals surface area contributed by atoms with Crippen LogP contribution in [-0.4, -0.2) is 17.6 Å². The van der Waals surface area contributed by atoms with Crippen LogP contribution in [0.25, 0.3) is 6.08 Å². The van der Waals surface area contributed by atoms with Crippen LogP contribution in [0.2, 0.25) is 0 Å². The molecule has 25 heavy (non-hydrogen) atoms. The Morgan fingerprint density at radius 1 is 0.960 bits per heavy atom. The molecule has 2 aromatic carbocycles. The molecule has 1 amide bonds. The molecule has 0 saturated heterocycles. The molecule has 0 aliphatic heterocycles. The molecule has 0 atom stereocenters.